The van der Waals surface area contributed by atoms with E-state index < -0.39 is 17.7 Å². The number of Topliss-reactive ketones (excluding diaryl/α,β-unsaturated/α-hetero) is 1. The van der Waals surface area contributed by atoms with Crippen LogP contribution in [0.5, 0.6) is 5.75 Å². The average Bonchev–Trinajstić information content (AvgIpc) is 2.98. The third kappa shape index (κ3) is 4.32. The number of methoxy groups -OCH3 is 1. The van der Waals surface area contributed by atoms with Crippen LogP contribution in [0.4, 0.5) is 0 Å². The Morgan fingerprint density at radius 1 is 1.27 bits per heavy atom. The van der Waals surface area contributed by atoms with Crippen LogP contribution >= 0.6 is 11.6 Å². The maximum Gasteiger partial charge on any atom is 0.295 e. The number of hydrogen-bond donors (Lipinski definition) is 1. The number of aliphatic hydroxyl groups excluding tert-OH is 1. The van der Waals surface area contributed by atoms with E-state index in [0.29, 0.717) is 29.4 Å². The zero-order chi connectivity index (χ0) is 21.8. The van der Waals surface area contributed by atoms with Gasteiger partial charge in [0, 0.05) is 17.8 Å². The predicted molar refractivity (Wildman–Crippen MR) is 114 cm³/mol. The molecule has 1 N–H and O–H groups in total. The van der Waals surface area contributed by atoms with Crippen LogP contribution in [0.2, 0.25) is 5.02 Å². The third-order valence-electron chi connectivity index (χ3n) is 4.93. The Hall–Kier alpha value is -2.90. The molecule has 1 atom stereocenters. The summed E-state index contributed by atoms with van der Waals surface area (Å²) in [5.74, 6) is -1.41. The lowest BCUT2D eigenvalue weighted by Gasteiger charge is -2.25. The maximum atomic E-state index is 13.0. The molecule has 0 bridgehead atoms. The van der Waals surface area contributed by atoms with Gasteiger partial charge in [-0.15, -0.1) is 0 Å². The Kier molecular flexibility index (Phi) is 6.74. The second-order valence-corrected chi connectivity index (χ2v) is 7.68. The molecule has 1 fully saturated rings. The summed E-state index contributed by atoms with van der Waals surface area (Å²) in [4.78, 5) is 33.7. The molecule has 0 unspecified atom stereocenters. The number of rotatable bonds is 7. The Bertz CT molecular complexity index is 976. The third-order valence-corrected chi connectivity index (χ3v) is 5.16. The van der Waals surface area contributed by atoms with Gasteiger partial charge in [0.15, 0.2) is 0 Å². The number of hydrogen-bond acceptors (Lipinski definition) is 6. The largest absolute Gasteiger partial charge is 0.507 e. The van der Waals surface area contributed by atoms with Crippen LogP contribution < -0.4 is 4.74 Å². The lowest BCUT2D eigenvalue weighted by Crippen LogP contribution is -2.32. The van der Waals surface area contributed by atoms with E-state index in [9.17, 15) is 14.7 Å². The first-order chi connectivity index (χ1) is 14.3. The van der Waals surface area contributed by atoms with Crippen molar-refractivity contribution >= 4 is 29.1 Å². The molecule has 7 nitrogen and oxygen atoms in total. The number of pyridine rings is 1. The van der Waals surface area contributed by atoms with E-state index in [4.69, 9.17) is 16.3 Å². The zero-order valence-electron chi connectivity index (χ0n) is 17.1. The number of ketones is 1. The first-order valence-corrected chi connectivity index (χ1v) is 9.91. The molecule has 158 valence electrons. The minimum absolute atomic E-state index is 0.0240. The monoisotopic (exact) mass is 429 g/mol. The van der Waals surface area contributed by atoms with E-state index in [1.165, 1.54) is 18.1 Å². The lowest BCUT2D eigenvalue weighted by atomic mass is 9.98. The van der Waals surface area contributed by atoms with Gasteiger partial charge in [-0.3, -0.25) is 14.6 Å². The molecular weight excluding hydrogens is 406 g/mol. The summed E-state index contributed by atoms with van der Waals surface area (Å²) in [6, 6.07) is 9.19. The summed E-state index contributed by atoms with van der Waals surface area (Å²) < 4.78 is 5.32. The average molecular weight is 430 g/mol. The van der Waals surface area contributed by atoms with Crippen LogP contribution in [0.3, 0.4) is 0 Å². The van der Waals surface area contributed by atoms with Crippen LogP contribution in [0.1, 0.15) is 23.7 Å². The van der Waals surface area contributed by atoms with Crippen molar-refractivity contribution in [1.29, 1.82) is 0 Å². The number of carbonyl (C=O) groups excluding carboxylic acids is 2. The summed E-state index contributed by atoms with van der Waals surface area (Å²) >= 11 is 6.10. The lowest BCUT2D eigenvalue weighted by molar-refractivity contribution is -0.140. The van der Waals surface area contributed by atoms with Gasteiger partial charge in [0.25, 0.3) is 11.7 Å². The quantitative estimate of drug-likeness (QED) is 0.413. The smallest absolute Gasteiger partial charge is 0.295 e. The van der Waals surface area contributed by atoms with Gasteiger partial charge in [-0.1, -0.05) is 17.7 Å². The van der Waals surface area contributed by atoms with Gasteiger partial charge in [0.05, 0.1) is 23.9 Å². The maximum absolute atomic E-state index is 13.0. The van der Waals surface area contributed by atoms with Crippen LogP contribution in [0.15, 0.2) is 48.2 Å². The summed E-state index contributed by atoms with van der Waals surface area (Å²) in [5, 5.41) is 11.5. The van der Waals surface area contributed by atoms with Crippen molar-refractivity contribution in [3.8, 4) is 5.75 Å². The van der Waals surface area contributed by atoms with Crippen molar-refractivity contribution < 1.29 is 19.4 Å². The van der Waals surface area contributed by atoms with Crippen molar-refractivity contribution in [3.05, 3.63) is 64.4 Å². The van der Waals surface area contributed by atoms with Gasteiger partial charge in [0.1, 0.15) is 17.6 Å². The molecular formula is C22H24ClN3O4. The minimum atomic E-state index is -0.794. The van der Waals surface area contributed by atoms with Gasteiger partial charge in [-0.2, -0.15) is 0 Å². The van der Waals surface area contributed by atoms with Crippen LogP contribution in [-0.4, -0.2) is 65.9 Å². The molecule has 2 heterocycles. The van der Waals surface area contributed by atoms with Gasteiger partial charge in [-0.05, 0) is 57.4 Å². The topological polar surface area (TPSA) is 83.0 Å². The number of nitrogens with zero attached hydrogens (tertiary/aromatic N) is 3. The highest BCUT2D eigenvalue weighted by molar-refractivity contribution is 6.46. The molecule has 30 heavy (non-hydrogen) atoms. The highest BCUT2D eigenvalue weighted by atomic mass is 35.5. The molecule has 1 aliphatic heterocycles. The van der Waals surface area contributed by atoms with Gasteiger partial charge >= 0.3 is 0 Å². The van der Waals surface area contributed by atoms with Crippen LogP contribution in [0.25, 0.3) is 5.76 Å². The molecule has 1 saturated heterocycles. The number of carbonyl (C=O) groups is 2. The summed E-state index contributed by atoms with van der Waals surface area (Å²) in [7, 11) is 5.33. The first-order valence-electron chi connectivity index (χ1n) is 9.53. The number of aromatic nitrogens is 1. The first kappa shape index (κ1) is 21.8. The molecule has 1 amide bonds. The molecule has 1 aromatic heterocycles. The van der Waals surface area contributed by atoms with E-state index in [1.54, 1.807) is 36.5 Å². The summed E-state index contributed by atoms with van der Waals surface area (Å²) in [5.41, 5.74) is 0.727. The van der Waals surface area contributed by atoms with E-state index in [2.05, 4.69) is 4.98 Å². The second kappa shape index (κ2) is 9.28. The number of ether oxygens (including phenoxy) is 1. The number of halogens is 1. The summed E-state index contributed by atoms with van der Waals surface area (Å²) in [6.45, 7) is 1.10. The molecule has 0 aliphatic carbocycles. The minimum Gasteiger partial charge on any atom is -0.507 e. The molecule has 2 aromatic rings. The van der Waals surface area contributed by atoms with Crippen LogP contribution in [-0.2, 0) is 9.59 Å². The molecule has 0 saturated carbocycles. The Morgan fingerprint density at radius 2 is 2.03 bits per heavy atom. The van der Waals surface area contributed by atoms with Crippen molar-refractivity contribution in [2.75, 3.05) is 34.3 Å². The van der Waals surface area contributed by atoms with E-state index in [1.807, 2.05) is 19.0 Å². The standard InChI is InChI=1S/C22H24ClN3O4/c1-25(2)11-6-12-26-19(16-7-4-5-10-24-16)18(21(28)22(26)29)20(27)15-13-14(23)8-9-17(15)30-3/h4-5,7-10,13,19,27H,6,11-12H2,1-3H3/b20-18+/t19-/m0/s1. The SMILES string of the molecule is COc1ccc(Cl)cc1/C(O)=C1\C(=O)C(=O)N(CCCN(C)C)[C@H]1c1ccccn1. The molecule has 3 rings (SSSR count). The number of likely N-dealkylation sites (tertiary alicyclic amines) is 1. The summed E-state index contributed by atoms with van der Waals surface area (Å²) in [6.07, 6.45) is 2.26. The fourth-order valence-corrected chi connectivity index (χ4v) is 3.70. The highest BCUT2D eigenvalue weighted by Crippen LogP contribution is 2.40. The van der Waals surface area contributed by atoms with E-state index in [0.717, 1.165) is 6.54 Å². The Balaban J connectivity index is 2.13. The van der Waals surface area contributed by atoms with Crippen molar-refractivity contribution in [2.45, 2.75) is 12.5 Å². The van der Waals surface area contributed by atoms with E-state index in [-0.39, 0.29) is 16.9 Å². The predicted octanol–water partition coefficient (Wildman–Crippen LogP) is 3.12. The Labute approximate surface area is 180 Å². The number of benzene rings is 1. The fraction of sp³-hybridized carbons (Fsp3) is 0.318. The molecule has 0 spiro atoms. The molecule has 8 heteroatoms. The molecule has 1 aromatic carbocycles. The molecule has 0 radical (unpaired) electrons. The second-order valence-electron chi connectivity index (χ2n) is 7.25. The number of amides is 1. The van der Waals surface area contributed by atoms with Crippen LogP contribution in [0, 0.1) is 0 Å². The van der Waals surface area contributed by atoms with Gasteiger partial charge < -0.3 is 19.6 Å². The normalized spacial score (nSPS) is 18.3. The van der Waals surface area contributed by atoms with Gasteiger partial charge in [-0.25, -0.2) is 0 Å². The van der Waals surface area contributed by atoms with Crippen molar-refractivity contribution in [2.24, 2.45) is 0 Å². The van der Waals surface area contributed by atoms with Crippen molar-refractivity contribution in [3.63, 3.8) is 0 Å². The Morgan fingerprint density at radius 3 is 2.67 bits per heavy atom. The highest BCUT2D eigenvalue weighted by Gasteiger charge is 2.46. The fourth-order valence-electron chi connectivity index (χ4n) is 3.52. The zero-order valence-corrected chi connectivity index (χ0v) is 17.9. The van der Waals surface area contributed by atoms with E-state index >= 15 is 0 Å². The van der Waals surface area contributed by atoms with Crippen molar-refractivity contribution in [1.82, 2.24) is 14.8 Å². The van der Waals surface area contributed by atoms with Gasteiger partial charge in [0.2, 0.25) is 0 Å². The molecule has 1 aliphatic rings. The number of aliphatic hydroxyl groups is 1.